The zero-order chi connectivity index (χ0) is 20.9. The largest absolute Gasteiger partial charge is 0.324 e. The Labute approximate surface area is 173 Å². The summed E-state index contributed by atoms with van der Waals surface area (Å²) in [6.07, 6.45) is 0.0841. The Balaban J connectivity index is 1.58. The molecule has 3 N–H and O–H groups in total. The van der Waals surface area contributed by atoms with Crippen molar-refractivity contribution >= 4 is 40.4 Å². The van der Waals surface area contributed by atoms with E-state index in [9.17, 15) is 9.59 Å². The first-order valence-corrected chi connectivity index (χ1v) is 9.26. The van der Waals surface area contributed by atoms with Gasteiger partial charge in [-0.05, 0) is 48.0 Å². The quantitative estimate of drug-likeness (QED) is 0.600. The van der Waals surface area contributed by atoms with Crippen LogP contribution >= 0.6 is 0 Å². The van der Waals surface area contributed by atoms with Gasteiger partial charge in [-0.15, -0.1) is 0 Å². The average Bonchev–Trinajstić information content (AvgIpc) is 2.92. The first-order chi connectivity index (χ1) is 14.6. The lowest BCUT2D eigenvalue weighted by atomic mass is 10.0. The molecule has 146 valence electrons. The van der Waals surface area contributed by atoms with Crippen molar-refractivity contribution in [2.45, 2.75) is 6.42 Å². The standard InChI is InChI=1S/C23H17N5O2/c24-14-15-5-4-6-16(11-15)20-13-22(29)28-21-12-18(9-10-19(21)27-20)26-23(30)25-17-7-2-1-3-8-17/h1-12H,13H2,(H,28,29)(H2,25,26,30). The second-order valence-electron chi connectivity index (χ2n) is 6.65. The fraction of sp³-hybridized carbons (Fsp3) is 0.0435. The van der Waals surface area contributed by atoms with Crippen LogP contribution in [0.25, 0.3) is 0 Å². The van der Waals surface area contributed by atoms with E-state index in [1.54, 1.807) is 48.5 Å². The molecule has 3 amide bonds. The van der Waals surface area contributed by atoms with E-state index >= 15 is 0 Å². The van der Waals surface area contributed by atoms with Gasteiger partial charge in [-0.3, -0.25) is 9.79 Å². The van der Waals surface area contributed by atoms with Crippen LogP contribution in [-0.2, 0) is 4.79 Å². The molecule has 4 rings (SSSR count). The molecule has 0 saturated heterocycles. The van der Waals surface area contributed by atoms with E-state index in [0.717, 1.165) is 5.56 Å². The first-order valence-electron chi connectivity index (χ1n) is 9.26. The fourth-order valence-corrected chi connectivity index (χ4v) is 3.09. The lowest BCUT2D eigenvalue weighted by Gasteiger charge is -2.10. The summed E-state index contributed by atoms with van der Waals surface area (Å²) < 4.78 is 0. The zero-order valence-electron chi connectivity index (χ0n) is 15.8. The van der Waals surface area contributed by atoms with E-state index in [4.69, 9.17) is 5.26 Å². The maximum Gasteiger partial charge on any atom is 0.323 e. The molecular weight excluding hydrogens is 378 g/mol. The molecule has 3 aromatic carbocycles. The van der Waals surface area contributed by atoms with E-state index < -0.39 is 6.03 Å². The number of urea groups is 1. The van der Waals surface area contributed by atoms with Crippen molar-refractivity contribution in [1.82, 2.24) is 0 Å². The molecule has 1 heterocycles. The minimum Gasteiger partial charge on any atom is -0.324 e. The van der Waals surface area contributed by atoms with E-state index in [1.165, 1.54) is 0 Å². The van der Waals surface area contributed by atoms with Gasteiger partial charge in [0.15, 0.2) is 0 Å². The van der Waals surface area contributed by atoms with Gasteiger partial charge in [-0.1, -0.05) is 30.3 Å². The van der Waals surface area contributed by atoms with Crippen molar-refractivity contribution in [1.29, 1.82) is 5.26 Å². The molecule has 0 unspecified atom stereocenters. The van der Waals surface area contributed by atoms with E-state index in [2.05, 4.69) is 27.0 Å². The Kier molecular flexibility index (Phi) is 5.22. The van der Waals surface area contributed by atoms with Gasteiger partial charge in [0, 0.05) is 11.4 Å². The maximum atomic E-state index is 12.4. The van der Waals surface area contributed by atoms with Gasteiger partial charge in [-0.25, -0.2) is 4.79 Å². The number of carbonyl (C=O) groups excluding carboxylic acids is 2. The van der Waals surface area contributed by atoms with Crippen molar-refractivity contribution in [2.75, 3.05) is 16.0 Å². The minimum atomic E-state index is -0.390. The molecule has 0 radical (unpaired) electrons. The molecule has 1 aliphatic heterocycles. The Hall–Kier alpha value is -4.44. The summed E-state index contributed by atoms with van der Waals surface area (Å²) in [6, 6.07) is 22.9. The Bertz CT molecular complexity index is 1200. The number of rotatable bonds is 3. The SMILES string of the molecule is N#Cc1cccc(C2=Nc3ccc(NC(=O)Nc4ccccc4)cc3NC(=O)C2)c1. The third-order valence-electron chi connectivity index (χ3n) is 4.47. The molecular formula is C23H17N5O2. The number of aliphatic imine (C=N–C) groups is 1. The highest BCUT2D eigenvalue weighted by atomic mass is 16.2. The van der Waals surface area contributed by atoms with Crippen LogP contribution in [0.5, 0.6) is 0 Å². The monoisotopic (exact) mass is 395 g/mol. The van der Waals surface area contributed by atoms with Crippen LogP contribution in [0.4, 0.5) is 27.5 Å². The summed E-state index contributed by atoms with van der Waals surface area (Å²) in [4.78, 5) is 29.2. The summed E-state index contributed by atoms with van der Waals surface area (Å²) in [6.45, 7) is 0. The van der Waals surface area contributed by atoms with Crippen molar-refractivity contribution in [3.05, 3.63) is 83.9 Å². The van der Waals surface area contributed by atoms with Crippen LogP contribution in [-0.4, -0.2) is 17.6 Å². The normalized spacial score (nSPS) is 12.5. The average molecular weight is 395 g/mol. The fourth-order valence-electron chi connectivity index (χ4n) is 3.09. The Morgan fingerprint density at radius 3 is 2.57 bits per heavy atom. The van der Waals surface area contributed by atoms with Gasteiger partial charge in [0.25, 0.3) is 0 Å². The third-order valence-corrected chi connectivity index (χ3v) is 4.47. The molecule has 0 saturated carbocycles. The third kappa shape index (κ3) is 4.34. The number of nitrogens with one attached hydrogen (secondary N) is 3. The highest BCUT2D eigenvalue weighted by molar-refractivity contribution is 6.17. The Morgan fingerprint density at radius 1 is 0.967 bits per heavy atom. The number of carbonyl (C=O) groups is 2. The summed E-state index contributed by atoms with van der Waals surface area (Å²) in [7, 11) is 0. The lowest BCUT2D eigenvalue weighted by molar-refractivity contribution is -0.115. The van der Waals surface area contributed by atoms with Gasteiger partial charge in [0.1, 0.15) is 0 Å². The predicted octanol–water partition coefficient (Wildman–Crippen LogP) is 4.67. The highest BCUT2D eigenvalue weighted by Crippen LogP contribution is 2.32. The molecule has 0 fully saturated rings. The van der Waals surface area contributed by atoms with Crippen LogP contribution in [0.15, 0.2) is 77.8 Å². The maximum absolute atomic E-state index is 12.4. The highest BCUT2D eigenvalue weighted by Gasteiger charge is 2.18. The van der Waals surface area contributed by atoms with Crippen LogP contribution < -0.4 is 16.0 Å². The molecule has 0 aromatic heterocycles. The molecule has 0 aliphatic carbocycles. The first kappa shape index (κ1) is 18.9. The van der Waals surface area contributed by atoms with E-state index in [-0.39, 0.29) is 12.3 Å². The van der Waals surface area contributed by atoms with Crippen molar-refractivity contribution in [3.8, 4) is 6.07 Å². The topological polar surface area (TPSA) is 106 Å². The van der Waals surface area contributed by atoms with Gasteiger partial charge < -0.3 is 16.0 Å². The summed E-state index contributed by atoms with van der Waals surface area (Å²) in [5.41, 5.74) is 4.08. The summed E-state index contributed by atoms with van der Waals surface area (Å²) in [5, 5.41) is 17.4. The van der Waals surface area contributed by atoms with Crippen LogP contribution in [0.2, 0.25) is 0 Å². The van der Waals surface area contributed by atoms with Crippen molar-refractivity contribution in [3.63, 3.8) is 0 Å². The molecule has 3 aromatic rings. The smallest absolute Gasteiger partial charge is 0.323 e. The number of hydrogen-bond donors (Lipinski definition) is 3. The van der Waals surface area contributed by atoms with Crippen molar-refractivity contribution in [2.24, 2.45) is 4.99 Å². The molecule has 7 nitrogen and oxygen atoms in total. The minimum absolute atomic E-state index is 0.0841. The Morgan fingerprint density at radius 2 is 1.77 bits per heavy atom. The molecule has 0 spiro atoms. The van der Waals surface area contributed by atoms with Gasteiger partial charge in [0.05, 0.1) is 35.1 Å². The number of nitrogens with zero attached hydrogens (tertiary/aromatic N) is 2. The molecule has 30 heavy (non-hydrogen) atoms. The van der Waals surface area contributed by atoms with Gasteiger partial charge in [0.2, 0.25) is 5.91 Å². The number of hydrogen-bond acceptors (Lipinski definition) is 4. The zero-order valence-corrected chi connectivity index (χ0v) is 15.8. The van der Waals surface area contributed by atoms with Crippen LogP contribution in [0, 0.1) is 11.3 Å². The number of nitriles is 1. The van der Waals surface area contributed by atoms with Crippen LogP contribution in [0.3, 0.4) is 0 Å². The number of amides is 3. The van der Waals surface area contributed by atoms with Gasteiger partial charge >= 0.3 is 6.03 Å². The number of para-hydroxylation sites is 1. The van der Waals surface area contributed by atoms with E-state index in [1.807, 2.05) is 24.3 Å². The number of fused-ring (bicyclic) bond motifs is 1. The number of benzene rings is 3. The molecule has 7 heteroatoms. The lowest BCUT2D eigenvalue weighted by Crippen LogP contribution is -2.19. The summed E-state index contributed by atoms with van der Waals surface area (Å²) in [5.74, 6) is -0.222. The van der Waals surface area contributed by atoms with E-state index in [0.29, 0.717) is 34.0 Å². The summed E-state index contributed by atoms with van der Waals surface area (Å²) >= 11 is 0. The second-order valence-corrected chi connectivity index (χ2v) is 6.65. The van der Waals surface area contributed by atoms with Crippen LogP contribution in [0.1, 0.15) is 17.5 Å². The van der Waals surface area contributed by atoms with Gasteiger partial charge in [-0.2, -0.15) is 5.26 Å². The molecule has 0 bridgehead atoms. The number of anilines is 3. The molecule has 0 atom stereocenters. The predicted molar refractivity (Wildman–Crippen MR) is 116 cm³/mol. The molecule has 1 aliphatic rings. The van der Waals surface area contributed by atoms with Crippen molar-refractivity contribution < 1.29 is 9.59 Å². The second kappa shape index (κ2) is 8.29.